The third-order valence-corrected chi connectivity index (χ3v) is 7.23. The molecule has 0 bridgehead atoms. The van der Waals surface area contributed by atoms with Crippen LogP contribution in [0.15, 0.2) is 59.8 Å². The van der Waals surface area contributed by atoms with E-state index in [1.54, 1.807) is 7.11 Å². The first-order valence-corrected chi connectivity index (χ1v) is 12.0. The second-order valence-electron chi connectivity index (χ2n) is 8.31. The molecule has 0 spiro atoms. The van der Waals surface area contributed by atoms with Crippen molar-refractivity contribution in [2.45, 2.75) is 36.6 Å². The summed E-state index contributed by atoms with van der Waals surface area (Å²) in [7, 11) is 3.59. The van der Waals surface area contributed by atoms with Gasteiger partial charge in [0.2, 0.25) is 5.91 Å². The molecule has 0 radical (unpaired) electrons. The van der Waals surface area contributed by atoms with Crippen molar-refractivity contribution in [3.63, 3.8) is 0 Å². The van der Waals surface area contributed by atoms with E-state index in [9.17, 15) is 4.79 Å². The molecule has 32 heavy (non-hydrogen) atoms. The molecule has 1 aliphatic heterocycles. The minimum absolute atomic E-state index is 0.183. The number of amides is 1. The van der Waals surface area contributed by atoms with Crippen LogP contribution in [0.5, 0.6) is 5.75 Å². The first-order chi connectivity index (χ1) is 15.5. The van der Waals surface area contributed by atoms with Gasteiger partial charge in [-0.05, 0) is 61.9 Å². The first kappa shape index (κ1) is 22.4. The molecule has 0 saturated carbocycles. The average Bonchev–Trinajstić information content (AvgIpc) is 3.19. The molecule has 0 aliphatic carbocycles. The zero-order valence-electron chi connectivity index (χ0n) is 18.9. The number of piperidine rings is 1. The normalized spacial score (nSPS) is 15.5. The molecule has 0 N–H and O–H groups in total. The summed E-state index contributed by atoms with van der Waals surface area (Å²) >= 11 is 1.47. The molecule has 3 aromatic rings. The van der Waals surface area contributed by atoms with Crippen LogP contribution in [0.25, 0.3) is 11.4 Å². The van der Waals surface area contributed by atoms with Crippen molar-refractivity contribution in [2.24, 2.45) is 13.0 Å². The van der Waals surface area contributed by atoms with E-state index in [0.29, 0.717) is 5.92 Å². The fraction of sp³-hybridized carbons (Fsp3) is 0.400. The Labute approximate surface area is 194 Å². The average molecular weight is 451 g/mol. The van der Waals surface area contributed by atoms with Crippen LogP contribution in [0.2, 0.25) is 0 Å². The Balaban J connectivity index is 1.32. The largest absolute Gasteiger partial charge is 0.497 e. The summed E-state index contributed by atoms with van der Waals surface area (Å²) in [6.45, 7) is 3.62. The van der Waals surface area contributed by atoms with Crippen LogP contribution in [-0.4, -0.2) is 51.0 Å². The third-order valence-electron chi connectivity index (χ3n) is 6.11. The molecule has 1 fully saturated rings. The summed E-state index contributed by atoms with van der Waals surface area (Å²) in [6.07, 6.45) is 3.22. The molecule has 168 valence electrons. The van der Waals surface area contributed by atoms with Crippen LogP contribution in [0, 0.1) is 5.92 Å². The second-order valence-corrected chi connectivity index (χ2v) is 9.62. The van der Waals surface area contributed by atoms with Gasteiger partial charge in [0.1, 0.15) is 5.75 Å². The zero-order valence-corrected chi connectivity index (χ0v) is 19.7. The van der Waals surface area contributed by atoms with Crippen molar-refractivity contribution >= 4 is 17.7 Å². The van der Waals surface area contributed by atoms with Crippen molar-refractivity contribution in [3.05, 3.63) is 60.2 Å². The maximum Gasteiger partial charge on any atom is 0.235 e. The molecule has 1 aliphatic rings. The van der Waals surface area contributed by atoms with E-state index in [-0.39, 0.29) is 11.2 Å². The van der Waals surface area contributed by atoms with Crippen LogP contribution in [0.4, 0.5) is 0 Å². The molecule has 1 amide bonds. The lowest BCUT2D eigenvalue weighted by atomic mass is 9.90. The predicted octanol–water partition coefficient (Wildman–Crippen LogP) is 4.45. The van der Waals surface area contributed by atoms with Crippen molar-refractivity contribution in [3.8, 4) is 17.1 Å². The fourth-order valence-electron chi connectivity index (χ4n) is 4.18. The lowest BCUT2D eigenvalue weighted by molar-refractivity contribution is -0.131. The summed E-state index contributed by atoms with van der Waals surface area (Å²) in [6, 6.07) is 18.4. The summed E-state index contributed by atoms with van der Waals surface area (Å²) in [5, 5.41) is 9.22. The van der Waals surface area contributed by atoms with Crippen molar-refractivity contribution in [1.29, 1.82) is 0 Å². The topological polar surface area (TPSA) is 60.3 Å². The van der Waals surface area contributed by atoms with Gasteiger partial charge in [-0.3, -0.25) is 4.79 Å². The van der Waals surface area contributed by atoms with Gasteiger partial charge < -0.3 is 14.2 Å². The minimum atomic E-state index is -0.202. The fourth-order valence-corrected chi connectivity index (χ4v) is 5.08. The summed E-state index contributed by atoms with van der Waals surface area (Å²) in [5.74, 6) is 2.41. The smallest absolute Gasteiger partial charge is 0.235 e. The summed E-state index contributed by atoms with van der Waals surface area (Å²) in [5.41, 5.74) is 2.35. The van der Waals surface area contributed by atoms with Gasteiger partial charge in [0.25, 0.3) is 0 Å². The van der Waals surface area contributed by atoms with Gasteiger partial charge in [-0.1, -0.05) is 42.1 Å². The number of rotatable bonds is 7. The Morgan fingerprint density at radius 3 is 2.44 bits per heavy atom. The number of likely N-dealkylation sites (tertiary alicyclic amines) is 1. The van der Waals surface area contributed by atoms with E-state index in [4.69, 9.17) is 4.74 Å². The molecule has 6 nitrogen and oxygen atoms in total. The highest BCUT2D eigenvalue weighted by atomic mass is 32.2. The molecule has 7 heteroatoms. The minimum Gasteiger partial charge on any atom is -0.497 e. The SMILES string of the molecule is COc1ccc(-c2nnc(SC(C)C(=O)N3CCC(Cc4ccccc4)CC3)n2C)cc1. The van der Waals surface area contributed by atoms with Gasteiger partial charge >= 0.3 is 0 Å². The maximum absolute atomic E-state index is 13.1. The van der Waals surface area contributed by atoms with E-state index in [1.165, 1.54) is 17.3 Å². The number of nitrogens with zero attached hydrogens (tertiary/aromatic N) is 4. The quantitative estimate of drug-likeness (QED) is 0.498. The van der Waals surface area contributed by atoms with E-state index in [1.807, 2.05) is 47.7 Å². The molecule has 2 heterocycles. The Bertz CT molecular complexity index is 1030. The van der Waals surface area contributed by atoms with Gasteiger partial charge in [-0.15, -0.1) is 10.2 Å². The van der Waals surface area contributed by atoms with Crippen molar-refractivity contribution in [1.82, 2.24) is 19.7 Å². The molecule has 2 aromatic carbocycles. The number of carbonyl (C=O) groups excluding carboxylic acids is 1. The summed E-state index contributed by atoms with van der Waals surface area (Å²) < 4.78 is 7.17. The van der Waals surface area contributed by atoms with Crippen molar-refractivity contribution in [2.75, 3.05) is 20.2 Å². The van der Waals surface area contributed by atoms with Crippen LogP contribution in [0.3, 0.4) is 0 Å². The van der Waals surface area contributed by atoms with E-state index < -0.39 is 0 Å². The Kier molecular flexibility index (Phi) is 7.15. The Hall–Kier alpha value is -2.80. The maximum atomic E-state index is 13.1. The molecular formula is C25H30N4O2S. The number of hydrogen-bond donors (Lipinski definition) is 0. The van der Waals surface area contributed by atoms with Gasteiger partial charge in [-0.2, -0.15) is 0 Å². The highest BCUT2D eigenvalue weighted by Crippen LogP contribution is 2.29. The number of thioether (sulfide) groups is 1. The van der Waals surface area contributed by atoms with E-state index in [2.05, 4.69) is 40.5 Å². The molecule has 1 atom stereocenters. The van der Waals surface area contributed by atoms with E-state index in [0.717, 1.165) is 54.6 Å². The first-order valence-electron chi connectivity index (χ1n) is 11.1. The second kappa shape index (κ2) is 10.2. The lowest BCUT2D eigenvalue weighted by Crippen LogP contribution is -2.42. The number of methoxy groups -OCH3 is 1. The zero-order chi connectivity index (χ0) is 22.5. The monoisotopic (exact) mass is 450 g/mol. The third kappa shape index (κ3) is 5.15. The lowest BCUT2D eigenvalue weighted by Gasteiger charge is -2.33. The molecule has 1 unspecified atom stereocenters. The molecular weight excluding hydrogens is 420 g/mol. The molecule has 1 saturated heterocycles. The Morgan fingerprint density at radius 2 is 1.78 bits per heavy atom. The number of benzene rings is 2. The van der Waals surface area contributed by atoms with Gasteiger partial charge in [0.15, 0.2) is 11.0 Å². The Morgan fingerprint density at radius 1 is 1.09 bits per heavy atom. The van der Waals surface area contributed by atoms with Gasteiger partial charge in [-0.25, -0.2) is 0 Å². The number of aromatic nitrogens is 3. The predicted molar refractivity (Wildman–Crippen MR) is 128 cm³/mol. The van der Waals surface area contributed by atoms with Gasteiger partial charge in [0.05, 0.1) is 12.4 Å². The van der Waals surface area contributed by atoms with Crippen LogP contribution in [0.1, 0.15) is 25.3 Å². The highest BCUT2D eigenvalue weighted by molar-refractivity contribution is 8.00. The molecule has 1 aromatic heterocycles. The highest BCUT2D eigenvalue weighted by Gasteiger charge is 2.28. The van der Waals surface area contributed by atoms with Gasteiger partial charge in [0, 0.05) is 25.7 Å². The van der Waals surface area contributed by atoms with Crippen LogP contribution < -0.4 is 4.74 Å². The molecule has 4 rings (SSSR count). The number of carbonyl (C=O) groups is 1. The van der Waals surface area contributed by atoms with Crippen LogP contribution >= 0.6 is 11.8 Å². The van der Waals surface area contributed by atoms with Crippen LogP contribution in [-0.2, 0) is 18.3 Å². The number of ether oxygens (including phenoxy) is 1. The summed E-state index contributed by atoms with van der Waals surface area (Å²) in [4.78, 5) is 15.1. The van der Waals surface area contributed by atoms with Crippen molar-refractivity contribution < 1.29 is 9.53 Å². The van der Waals surface area contributed by atoms with E-state index >= 15 is 0 Å². The standard InChI is InChI=1S/C25H30N4O2S/c1-18(24(30)29-15-13-20(14-16-29)17-19-7-5-4-6-8-19)32-25-27-26-23(28(25)2)21-9-11-22(31-3)12-10-21/h4-12,18,20H,13-17H2,1-3H3. The number of hydrogen-bond acceptors (Lipinski definition) is 5.